The van der Waals surface area contributed by atoms with Crippen LogP contribution in [-0.4, -0.2) is 24.7 Å². The van der Waals surface area contributed by atoms with Crippen LogP contribution in [0.5, 0.6) is 0 Å². The number of esters is 1. The van der Waals surface area contributed by atoms with Gasteiger partial charge >= 0.3 is 5.97 Å². The molecule has 3 nitrogen and oxygen atoms in total. The highest BCUT2D eigenvalue weighted by Gasteiger charge is 2.65. The number of hydrogen-bond acceptors (Lipinski definition) is 3. The van der Waals surface area contributed by atoms with Crippen LogP contribution in [0.3, 0.4) is 0 Å². The second-order valence-corrected chi connectivity index (χ2v) is 3.85. The molecule has 2 saturated heterocycles. The summed E-state index contributed by atoms with van der Waals surface area (Å²) >= 11 is 0. The third-order valence-electron chi connectivity index (χ3n) is 3.56. The summed E-state index contributed by atoms with van der Waals surface area (Å²) in [6, 6.07) is 0. The van der Waals surface area contributed by atoms with E-state index in [1.165, 1.54) is 6.42 Å². The number of hydrogen-bond donors (Lipinski definition) is 1. The van der Waals surface area contributed by atoms with Crippen molar-refractivity contribution in [1.82, 2.24) is 5.32 Å². The molecule has 1 aliphatic carbocycles. The largest absolute Gasteiger partial charge is 0.463 e. The topological polar surface area (TPSA) is 38.3 Å². The Labute approximate surface area is 65.1 Å². The molecular weight excluding hydrogens is 142 g/mol. The Bertz CT molecular complexity index is 228. The zero-order valence-corrected chi connectivity index (χ0v) is 6.30. The minimum Gasteiger partial charge on any atom is -0.463 e. The number of rotatable bonds is 0. The van der Waals surface area contributed by atoms with E-state index in [1.807, 2.05) is 0 Å². The van der Waals surface area contributed by atoms with Crippen LogP contribution < -0.4 is 5.32 Å². The maximum absolute atomic E-state index is 11.1. The van der Waals surface area contributed by atoms with Gasteiger partial charge in [-0.1, -0.05) is 0 Å². The lowest BCUT2D eigenvalue weighted by Crippen LogP contribution is -2.60. The third-order valence-corrected chi connectivity index (χ3v) is 3.56. The number of cyclic esters (lactones) is 1. The molecule has 0 unspecified atom stereocenters. The van der Waals surface area contributed by atoms with E-state index < -0.39 is 0 Å². The standard InChI is InChI=1S/C8H11NO2/c10-7-6-3-5-1-2-9-8(5,6)4-11-7/h5-6,9H,1-4H2/t5-,6+,8-/m0/s1. The van der Waals surface area contributed by atoms with Gasteiger partial charge < -0.3 is 10.1 Å². The summed E-state index contributed by atoms with van der Waals surface area (Å²) in [7, 11) is 0. The molecule has 1 spiro atoms. The molecule has 0 radical (unpaired) electrons. The first-order valence-electron chi connectivity index (χ1n) is 4.24. The second-order valence-electron chi connectivity index (χ2n) is 3.85. The summed E-state index contributed by atoms with van der Waals surface area (Å²) in [6.07, 6.45) is 2.29. The van der Waals surface area contributed by atoms with Crippen LogP contribution in [0.1, 0.15) is 12.8 Å². The molecule has 0 bridgehead atoms. The van der Waals surface area contributed by atoms with Crippen molar-refractivity contribution in [2.24, 2.45) is 11.8 Å². The van der Waals surface area contributed by atoms with Gasteiger partial charge in [-0.15, -0.1) is 0 Å². The van der Waals surface area contributed by atoms with Crippen molar-refractivity contribution in [2.75, 3.05) is 13.2 Å². The van der Waals surface area contributed by atoms with Crippen LogP contribution in [-0.2, 0) is 9.53 Å². The number of ether oxygens (including phenoxy) is 1. The van der Waals surface area contributed by atoms with Crippen molar-refractivity contribution < 1.29 is 9.53 Å². The van der Waals surface area contributed by atoms with Gasteiger partial charge in [-0.3, -0.25) is 4.79 Å². The van der Waals surface area contributed by atoms with Crippen molar-refractivity contribution >= 4 is 5.97 Å². The summed E-state index contributed by atoms with van der Waals surface area (Å²) in [5, 5.41) is 3.42. The summed E-state index contributed by atoms with van der Waals surface area (Å²) in [5.41, 5.74) is 0.0943. The van der Waals surface area contributed by atoms with Crippen LogP contribution >= 0.6 is 0 Å². The van der Waals surface area contributed by atoms with Gasteiger partial charge in [-0.25, -0.2) is 0 Å². The van der Waals surface area contributed by atoms with Crippen LogP contribution in [0, 0.1) is 11.8 Å². The Morgan fingerprint density at radius 3 is 3.27 bits per heavy atom. The van der Waals surface area contributed by atoms with Gasteiger partial charge in [0.05, 0.1) is 11.5 Å². The molecule has 2 heterocycles. The second kappa shape index (κ2) is 1.61. The summed E-state index contributed by atoms with van der Waals surface area (Å²) < 4.78 is 5.04. The predicted molar refractivity (Wildman–Crippen MR) is 37.9 cm³/mol. The molecule has 3 fully saturated rings. The maximum atomic E-state index is 11.1. The molecule has 3 heteroatoms. The van der Waals surface area contributed by atoms with E-state index in [0.29, 0.717) is 6.61 Å². The summed E-state index contributed by atoms with van der Waals surface area (Å²) in [4.78, 5) is 11.1. The fraction of sp³-hybridized carbons (Fsp3) is 0.875. The van der Waals surface area contributed by atoms with Crippen LogP contribution in [0.15, 0.2) is 0 Å². The molecule has 2 aliphatic heterocycles. The average Bonchev–Trinajstić information content (AvgIpc) is 2.39. The lowest BCUT2D eigenvalue weighted by atomic mass is 9.61. The van der Waals surface area contributed by atoms with Gasteiger partial charge in [0.25, 0.3) is 0 Å². The van der Waals surface area contributed by atoms with Gasteiger partial charge in [0.1, 0.15) is 6.61 Å². The van der Waals surface area contributed by atoms with Crippen LogP contribution in [0.25, 0.3) is 0 Å². The van der Waals surface area contributed by atoms with E-state index in [4.69, 9.17) is 4.74 Å². The Balaban J connectivity index is 1.98. The molecule has 0 amide bonds. The van der Waals surface area contributed by atoms with E-state index in [2.05, 4.69) is 5.32 Å². The van der Waals surface area contributed by atoms with E-state index in [-0.39, 0.29) is 17.4 Å². The van der Waals surface area contributed by atoms with Crippen molar-refractivity contribution in [2.45, 2.75) is 18.4 Å². The maximum Gasteiger partial charge on any atom is 0.311 e. The van der Waals surface area contributed by atoms with E-state index in [9.17, 15) is 4.79 Å². The molecule has 0 aromatic carbocycles. The van der Waals surface area contributed by atoms with Crippen molar-refractivity contribution in [3.63, 3.8) is 0 Å². The van der Waals surface area contributed by atoms with Crippen molar-refractivity contribution in [3.8, 4) is 0 Å². The Kier molecular flexibility index (Phi) is 0.876. The molecule has 1 saturated carbocycles. The fourth-order valence-electron chi connectivity index (χ4n) is 2.82. The van der Waals surface area contributed by atoms with Crippen molar-refractivity contribution in [1.29, 1.82) is 0 Å². The van der Waals surface area contributed by atoms with E-state index in [1.54, 1.807) is 0 Å². The molecule has 3 aliphatic rings. The summed E-state index contributed by atoms with van der Waals surface area (Å²) in [5.74, 6) is 0.935. The number of carbonyl (C=O) groups is 1. The van der Waals surface area contributed by atoms with Crippen LogP contribution in [0.4, 0.5) is 0 Å². The SMILES string of the molecule is O=C1OC[C@]23NCC[C@H]2C[C@H]13. The first kappa shape index (κ1) is 6.00. The molecule has 3 atom stereocenters. The first-order chi connectivity index (χ1) is 5.33. The molecular formula is C8H11NO2. The smallest absolute Gasteiger partial charge is 0.311 e. The van der Waals surface area contributed by atoms with Gasteiger partial charge in [-0.2, -0.15) is 0 Å². The van der Waals surface area contributed by atoms with E-state index in [0.717, 1.165) is 18.9 Å². The third kappa shape index (κ3) is 0.495. The Morgan fingerprint density at radius 2 is 2.55 bits per heavy atom. The molecule has 0 aromatic rings. The van der Waals surface area contributed by atoms with Gasteiger partial charge in [0.15, 0.2) is 0 Å². The Hall–Kier alpha value is -0.570. The minimum absolute atomic E-state index is 0.0238. The Morgan fingerprint density at radius 1 is 1.64 bits per heavy atom. The quantitative estimate of drug-likeness (QED) is 0.494. The monoisotopic (exact) mass is 153 g/mol. The highest BCUT2D eigenvalue weighted by molar-refractivity contribution is 5.78. The molecule has 3 rings (SSSR count). The lowest BCUT2D eigenvalue weighted by molar-refractivity contribution is -0.142. The average molecular weight is 153 g/mol. The molecule has 1 N–H and O–H groups in total. The normalized spacial score (nSPS) is 52.9. The fourth-order valence-corrected chi connectivity index (χ4v) is 2.82. The molecule has 0 aromatic heterocycles. The molecule has 60 valence electrons. The van der Waals surface area contributed by atoms with Gasteiger partial charge in [-0.05, 0) is 25.3 Å². The highest BCUT2D eigenvalue weighted by Crippen LogP contribution is 2.53. The lowest BCUT2D eigenvalue weighted by Gasteiger charge is -2.44. The van der Waals surface area contributed by atoms with E-state index >= 15 is 0 Å². The minimum atomic E-state index is 0.0238. The zero-order valence-electron chi connectivity index (χ0n) is 6.30. The predicted octanol–water partition coefficient (Wildman–Crippen LogP) is -0.0886. The number of carbonyl (C=O) groups excluding carboxylic acids is 1. The van der Waals surface area contributed by atoms with Gasteiger partial charge in [0.2, 0.25) is 0 Å². The first-order valence-corrected chi connectivity index (χ1v) is 4.24. The van der Waals surface area contributed by atoms with Crippen molar-refractivity contribution in [3.05, 3.63) is 0 Å². The zero-order chi connectivity index (χ0) is 7.47. The van der Waals surface area contributed by atoms with Crippen LogP contribution in [0.2, 0.25) is 0 Å². The summed E-state index contributed by atoms with van der Waals surface area (Å²) in [6.45, 7) is 1.69. The highest BCUT2D eigenvalue weighted by atomic mass is 16.5. The van der Waals surface area contributed by atoms with Gasteiger partial charge in [0, 0.05) is 0 Å². The molecule has 11 heavy (non-hydrogen) atoms. The number of nitrogens with one attached hydrogen (secondary N) is 1.